The molecule has 0 saturated carbocycles. The molecule has 0 amide bonds. The number of ketones is 1. The van der Waals surface area contributed by atoms with Gasteiger partial charge >= 0.3 is 16.8 Å². The minimum Gasteiger partial charge on any atom is -0.289 e. The molecule has 0 unspecified atom stereocenters. The van der Waals surface area contributed by atoms with Crippen LogP contribution >= 0.6 is 0 Å². The van der Waals surface area contributed by atoms with Crippen LogP contribution in [-0.4, -0.2) is 24.6 Å². The number of benzene rings is 2. The van der Waals surface area contributed by atoms with Gasteiger partial charge in [0.15, 0.2) is 5.78 Å². The zero-order chi connectivity index (χ0) is 15.8. The fraction of sp³-hybridized carbons (Fsp3) is 0. The highest BCUT2D eigenvalue weighted by atomic mass is 32.2. The average Bonchev–Trinajstić information content (AvgIpc) is 2.74. The van der Waals surface area contributed by atoms with Crippen molar-refractivity contribution >= 4 is 22.5 Å². The summed E-state index contributed by atoms with van der Waals surface area (Å²) in [6.45, 7) is 0. The minimum absolute atomic E-state index is 0.149. The molecule has 2 aromatic carbocycles. The molecule has 0 aromatic heterocycles. The highest BCUT2D eigenvalue weighted by Gasteiger charge is 2.24. The van der Waals surface area contributed by atoms with Crippen LogP contribution in [0.25, 0.3) is 11.1 Å². The van der Waals surface area contributed by atoms with Gasteiger partial charge in [0.2, 0.25) is 0 Å². The average molecular weight is 304 g/mol. The van der Waals surface area contributed by atoms with Gasteiger partial charge in [-0.1, -0.05) is 48.5 Å². The van der Waals surface area contributed by atoms with Gasteiger partial charge in [-0.15, -0.1) is 12.6 Å². The van der Waals surface area contributed by atoms with E-state index in [2.05, 4.69) is 0 Å². The molecule has 6 nitrogen and oxygen atoms in total. The Morgan fingerprint density at radius 2 is 0.905 bits per heavy atom. The van der Waals surface area contributed by atoms with E-state index in [1.807, 2.05) is 48.5 Å². The van der Waals surface area contributed by atoms with Crippen LogP contribution < -0.4 is 0 Å². The van der Waals surface area contributed by atoms with Gasteiger partial charge in [-0.2, -0.15) is 9.59 Å². The summed E-state index contributed by atoms with van der Waals surface area (Å²) in [6.07, 6.45) is 0.250. The number of rotatable bonds is 0. The fourth-order valence-electron chi connectivity index (χ4n) is 1.98. The van der Waals surface area contributed by atoms with Crippen LogP contribution in [0.15, 0.2) is 48.5 Å². The van der Waals surface area contributed by atoms with E-state index in [9.17, 15) is 4.79 Å². The maximum atomic E-state index is 11.9. The van der Waals surface area contributed by atoms with Gasteiger partial charge in [0.05, 0.1) is 0 Å². The first kappa shape index (κ1) is 16.2. The highest BCUT2D eigenvalue weighted by molar-refractivity contribution is 7.59. The molecule has 3 rings (SSSR count). The Hall–Kier alpha value is -2.89. The van der Waals surface area contributed by atoms with Gasteiger partial charge in [0.1, 0.15) is 0 Å². The van der Waals surface area contributed by atoms with Gasteiger partial charge in [0, 0.05) is 11.1 Å². The lowest BCUT2D eigenvalue weighted by Gasteiger charge is -1.96. The lowest BCUT2D eigenvalue weighted by molar-refractivity contribution is -0.191. The smallest absolute Gasteiger partial charge is 0.289 e. The normalized spacial score (nSPS) is 9.81. The van der Waals surface area contributed by atoms with Crippen molar-refractivity contribution in [3.8, 4) is 11.1 Å². The molecule has 2 aromatic rings. The summed E-state index contributed by atoms with van der Waals surface area (Å²) < 4.78 is 25.3. The molecule has 0 spiro atoms. The van der Waals surface area contributed by atoms with Crippen LogP contribution in [0, 0.1) is 0 Å². The summed E-state index contributed by atoms with van der Waals surface area (Å²) in [7, 11) is -3.11. The predicted octanol–water partition coefficient (Wildman–Crippen LogP) is 1.31. The summed E-state index contributed by atoms with van der Waals surface area (Å²) in [6, 6.07) is 15.5. The molecular weight excluding hydrogens is 296 g/mol. The number of hydrogen-bond acceptors (Lipinski definition) is 6. The van der Waals surface area contributed by atoms with Crippen LogP contribution in [0.2, 0.25) is 0 Å². The van der Waals surface area contributed by atoms with E-state index in [-0.39, 0.29) is 11.9 Å². The van der Waals surface area contributed by atoms with Crippen molar-refractivity contribution in [3.63, 3.8) is 0 Å². The first-order valence-corrected chi connectivity index (χ1v) is 6.52. The predicted molar refractivity (Wildman–Crippen MR) is 70.0 cm³/mol. The van der Waals surface area contributed by atoms with Gasteiger partial charge in [-0.25, -0.2) is 0 Å². The molecule has 21 heavy (non-hydrogen) atoms. The summed E-state index contributed by atoms with van der Waals surface area (Å²) >= 11 is 0. The van der Waals surface area contributed by atoms with E-state index in [1.165, 1.54) is 0 Å². The second-order valence-corrected chi connectivity index (χ2v) is 4.12. The monoisotopic (exact) mass is 304 g/mol. The first-order chi connectivity index (χ1) is 10.0. The maximum Gasteiger partial charge on any atom is 0.425 e. The van der Waals surface area contributed by atoms with Crippen molar-refractivity contribution in [1.82, 2.24) is 0 Å². The molecule has 0 aliphatic heterocycles. The number of carbonyl (C=O) groups excluding carboxylic acids is 3. The van der Waals surface area contributed by atoms with E-state index in [1.54, 1.807) is 0 Å². The Morgan fingerprint density at radius 1 is 0.667 bits per heavy atom. The van der Waals surface area contributed by atoms with Crippen molar-refractivity contribution in [1.29, 1.82) is 0 Å². The molecule has 0 fully saturated rings. The van der Waals surface area contributed by atoms with Gasteiger partial charge < -0.3 is 0 Å². The molecule has 0 N–H and O–H groups in total. The largest absolute Gasteiger partial charge is 0.425 e. The van der Waals surface area contributed by atoms with Crippen LogP contribution in [-0.2, 0) is 20.2 Å². The Kier molecular flexibility index (Phi) is 5.88. The molecule has 7 heteroatoms. The molecule has 0 bridgehead atoms. The highest BCUT2D eigenvalue weighted by Crippen LogP contribution is 2.35. The van der Waals surface area contributed by atoms with E-state index >= 15 is 0 Å². The molecule has 0 radical (unpaired) electrons. The second kappa shape index (κ2) is 7.64. The van der Waals surface area contributed by atoms with Crippen molar-refractivity contribution < 1.29 is 27.0 Å². The first-order valence-electron chi connectivity index (χ1n) is 5.52. The Bertz CT molecular complexity index is 748. The second-order valence-electron chi connectivity index (χ2n) is 3.71. The standard InChI is InChI=1S/C13H8O.CO2.O3S/c14-13-11-7-3-1-5-9(11)10-6-2-4-8-12(10)13;2-1-3;1-4(2)3/h1-8H;;. The van der Waals surface area contributed by atoms with Crippen LogP contribution in [0.3, 0.4) is 0 Å². The summed E-state index contributed by atoms with van der Waals surface area (Å²) in [5.74, 6) is 0.149. The third-order valence-corrected chi connectivity index (χ3v) is 2.63. The van der Waals surface area contributed by atoms with Crippen molar-refractivity contribution in [2.75, 3.05) is 0 Å². The Labute approximate surface area is 121 Å². The molecule has 1 aliphatic carbocycles. The quantitative estimate of drug-likeness (QED) is 0.620. The van der Waals surface area contributed by atoms with E-state index in [4.69, 9.17) is 22.2 Å². The van der Waals surface area contributed by atoms with Gasteiger partial charge in [-0.3, -0.25) is 4.79 Å². The lowest BCUT2D eigenvalue weighted by Crippen LogP contribution is -1.93. The maximum absolute atomic E-state index is 11.9. The Balaban J connectivity index is 0.000000270. The van der Waals surface area contributed by atoms with E-state index in [0.717, 1.165) is 22.3 Å². The minimum atomic E-state index is -3.11. The molecule has 0 heterocycles. The van der Waals surface area contributed by atoms with Crippen molar-refractivity contribution in [3.05, 3.63) is 59.7 Å². The summed E-state index contributed by atoms with van der Waals surface area (Å²) in [4.78, 5) is 28.1. The molecular formula is C14H8O6S. The third kappa shape index (κ3) is 4.04. The van der Waals surface area contributed by atoms with Crippen LogP contribution in [0.1, 0.15) is 15.9 Å². The lowest BCUT2D eigenvalue weighted by atomic mass is 10.1. The molecule has 106 valence electrons. The molecule has 1 aliphatic rings. The van der Waals surface area contributed by atoms with Crippen molar-refractivity contribution in [2.24, 2.45) is 0 Å². The van der Waals surface area contributed by atoms with Gasteiger partial charge in [-0.05, 0) is 11.1 Å². The number of fused-ring (bicyclic) bond motifs is 3. The zero-order valence-electron chi connectivity index (χ0n) is 10.5. The SMILES string of the molecule is O=C1c2ccccc2-c2ccccc21.O=C=O.O=S(=O)=O. The summed E-state index contributed by atoms with van der Waals surface area (Å²) in [5.41, 5.74) is 3.78. The van der Waals surface area contributed by atoms with E-state index in [0.29, 0.717) is 0 Å². The summed E-state index contributed by atoms with van der Waals surface area (Å²) in [5, 5.41) is 0. The third-order valence-electron chi connectivity index (χ3n) is 2.63. The van der Waals surface area contributed by atoms with Crippen LogP contribution in [0.5, 0.6) is 0 Å². The topological polar surface area (TPSA) is 102 Å². The number of hydrogen-bond donors (Lipinski definition) is 0. The number of carbonyl (C=O) groups is 1. The molecule has 0 atom stereocenters. The van der Waals surface area contributed by atoms with E-state index < -0.39 is 10.6 Å². The Morgan fingerprint density at radius 3 is 1.19 bits per heavy atom. The van der Waals surface area contributed by atoms with Crippen LogP contribution in [0.4, 0.5) is 0 Å². The molecule has 0 saturated heterocycles. The van der Waals surface area contributed by atoms with Crippen molar-refractivity contribution in [2.45, 2.75) is 0 Å². The fourth-order valence-corrected chi connectivity index (χ4v) is 1.98. The zero-order valence-corrected chi connectivity index (χ0v) is 11.3. The van der Waals surface area contributed by atoms with Gasteiger partial charge in [0.25, 0.3) is 0 Å².